The summed E-state index contributed by atoms with van der Waals surface area (Å²) in [4.78, 5) is 0. The maximum absolute atomic E-state index is 3.84. The number of benzene rings is 1. The van der Waals surface area contributed by atoms with Crippen molar-refractivity contribution in [1.82, 2.24) is 5.32 Å². The van der Waals surface area contributed by atoms with Crippen molar-refractivity contribution < 1.29 is 0 Å². The molecule has 0 bridgehead atoms. The van der Waals surface area contributed by atoms with E-state index in [0.29, 0.717) is 12.1 Å². The van der Waals surface area contributed by atoms with E-state index in [2.05, 4.69) is 59.4 Å². The molecule has 0 saturated heterocycles. The molecule has 0 heterocycles. The molecule has 0 aromatic heterocycles. The molecule has 1 N–H and O–H groups in total. The second-order valence-corrected chi connectivity index (χ2v) is 6.42. The third-order valence-electron chi connectivity index (χ3n) is 4.25. The molecule has 0 amide bonds. The highest BCUT2D eigenvalue weighted by molar-refractivity contribution is 9.10. The van der Waals surface area contributed by atoms with Crippen LogP contribution in [0, 0.1) is 5.92 Å². The highest BCUT2D eigenvalue weighted by atomic mass is 79.9. The van der Waals surface area contributed by atoms with Crippen LogP contribution in [0.1, 0.15) is 57.6 Å². The SMILES string of the molecule is CCC1CCCCC1N[C@@H](C)c1cccc(Br)c1. The maximum Gasteiger partial charge on any atom is 0.0294 e. The highest BCUT2D eigenvalue weighted by Crippen LogP contribution is 2.29. The van der Waals surface area contributed by atoms with Gasteiger partial charge < -0.3 is 5.32 Å². The Morgan fingerprint density at radius 3 is 2.83 bits per heavy atom. The van der Waals surface area contributed by atoms with E-state index in [9.17, 15) is 0 Å². The summed E-state index contributed by atoms with van der Waals surface area (Å²) in [6.45, 7) is 4.61. The average Bonchev–Trinajstić information content (AvgIpc) is 2.39. The van der Waals surface area contributed by atoms with Gasteiger partial charge in [-0.15, -0.1) is 0 Å². The molecular weight excluding hydrogens is 286 g/mol. The zero-order valence-corrected chi connectivity index (χ0v) is 13.0. The van der Waals surface area contributed by atoms with E-state index in [1.165, 1.54) is 42.1 Å². The Bertz CT molecular complexity index is 377. The van der Waals surface area contributed by atoms with Crippen molar-refractivity contribution in [3.8, 4) is 0 Å². The van der Waals surface area contributed by atoms with Crippen LogP contribution in [-0.4, -0.2) is 6.04 Å². The summed E-state index contributed by atoms with van der Waals surface area (Å²) in [5.41, 5.74) is 1.38. The molecule has 100 valence electrons. The second kappa shape index (κ2) is 6.72. The topological polar surface area (TPSA) is 12.0 Å². The van der Waals surface area contributed by atoms with E-state index < -0.39 is 0 Å². The van der Waals surface area contributed by atoms with Gasteiger partial charge in [0.2, 0.25) is 0 Å². The zero-order valence-electron chi connectivity index (χ0n) is 11.5. The van der Waals surface area contributed by atoms with Gasteiger partial charge >= 0.3 is 0 Å². The van der Waals surface area contributed by atoms with Gasteiger partial charge in [-0.3, -0.25) is 0 Å². The fourth-order valence-corrected chi connectivity index (χ4v) is 3.53. The lowest BCUT2D eigenvalue weighted by molar-refractivity contribution is 0.240. The number of hydrogen-bond donors (Lipinski definition) is 1. The molecule has 3 atom stereocenters. The molecule has 1 aliphatic rings. The number of hydrogen-bond acceptors (Lipinski definition) is 1. The minimum atomic E-state index is 0.444. The molecule has 18 heavy (non-hydrogen) atoms. The first kappa shape index (κ1) is 14.1. The Hall–Kier alpha value is -0.340. The summed E-state index contributed by atoms with van der Waals surface area (Å²) >= 11 is 3.55. The fourth-order valence-electron chi connectivity index (χ4n) is 3.11. The van der Waals surface area contributed by atoms with Crippen LogP contribution < -0.4 is 5.32 Å². The van der Waals surface area contributed by atoms with Crippen molar-refractivity contribution in [1.29, 1.82) is 0 Å². The Labute approximate surface area is 119 Å². The molecule has 0 radical (unpaired) electrons. The van der Waals surface area contributed by atoms with Crippen LogP contribution in [0.25, 0.3) is 0 Å². The van der Waals surface area contributed by atoms with Crippen LogP contribution >= 0.6 is 15.9 Å². The second-order valence-electron chi connectivity index (χ2n) is 5.50. The lowest BCUT2D eigenvalue weighted by Gasteiger charge is -2.34. The van der Waals surface area contributed by atoms with Gasteiger partial charge in [-0.05, 0) is 43.4 Å². The van der Waals surface area contributed by atoms with Gasteiger partial charge in [-0.1, -0.05) is 54.2 Å². The summed E-state index contributed by atoms with van der Waals surface area (Å²) in [7, 11) is 0. The first-order chi connectivity index (χ1) is 8.70. The lowest BCUT2D eigenvalue weighted by atomic mass is 9.82. The molecule has 1 aromatic carbocycles. The van der Waals surface area contributed by atoms with Crippen molar-refractivity contribution in [2.75, 3.05) is 0 Å². The van der Waals surface area contributed by atoms with Gasteiger partial charge in [-0.25, -0.2) is 0 Å². The minimum Gasteiger partial charge on any atom is -0.307 e. The van der Waals surface area contributed by atoms with Gasteiger partial charge in [0, 0.05) is 16.6 Å². The van der Waals surface area contributed by atoms with Gasteiger partial charge in [0.25, 0.3) is 0 Å². The summed E-state index contributed by atoms with van der Waals surface area (Å²) in [5.74, 6) is 0.869. The third kappa shape index (κ3) is 3.58. The van der Waals surface area contributed by atoms with Crippen LogP contribution in [0.15, 0.2) is 28.7 Å². The third-order valence-corrected chi connectivity index (χ3v) is 4.74. The molecule has 1 fully saturated rings. The Balaban J connectivity index is 1.99. The normalized spacial score (nSPS) is 25.9. The molecule has 2 rings (SSSR count). The Morgan fingerprint density at radius 1 is 1.33 bits per heavy atom. The molecule has 2 heteroatoms. The van der Waals surface area contributed by atoms with E-state index in [1.54, 1.807) is 0 Å². The van der Waals surface area contributed by atoms with Crippen LogP contribution in [0.2, 0.25) is 0 Å². The number of halogens is 1. The zero-order chi connectivity index (χ0) is 13.0. The monoisotopic (exact) mass is 309 g/mol. The molecule has 0 spiro atoms. The lowest BCUT2D eigenvalue weighted by Crippen LogP contribution is -2.39. The Morgan fingerprint density at radius 2 is 2.11 bits per heavy atom. The van der Waals surface area contributed by atoms with Crippen LogP contribution in [-0.2, 0) is 0 Å². The smallest absolute Gasteiger partial charge is 0.0294 e. The predicted molar refractivity (Wildman–Crippen MR) is 81.7 cm³/mol. The van der Waals surface area contributed by atoms with Gasteiger partial charge in [0.05, 0.1) is 0 Å². The minimum absolute atomic E-state index is 0.444. The molecule has 1 saturated carbocycles. The van der Waals surface area contributed by atoms with Gasteiger partial charge in [-0.2, -0.15) is 0 Å². The van der Waals surface area contributed by atoms with Crippen molar-refractivity contribution in [3.63, 3.8) is 0 Å². The largest absolute Gasteiger partial charge is 0.307 e. The standard InChI is InChI=1S/C16H24BrN/c1-3-13-7-4-5-10-16(13)18-12(2)14-8-6-9-15(17)11-14/h6,8-9,11-13,16,18H,3-5,7,10H2,1-2H3/t12-,13?,16?/m0/s1. The first-order valence-corrected chi connectivity index (χ1v) is 8.01. The van der Waals surface area contributed by atoms with Crippen molar-refractivity contribution in [2.24, 2.45) is 5.92 Å². The summed E-state index contributed by atoms with van der Waals surface area (Å²) in [6, 6.07) is 9.80. The van der Waals surface area contributed by atoms with E-state index >= 15 is 0 Å². The molecule has 2 unspecified atom stereocenters. The van der Waals surface area contributed by atoms with Gasteiger partial charge in [0.1, 0.15) is 0 Å². The van der Waals surface area contributed by atoms with Gasteiger partial charge in [0.15, 0.2) is 0 Å². The Kier molecular flexibility index (Phi) is 5.25. The summed E-state index contributed by atoms with van der Waals surface area (Å²) in [6.07, 6.45) is 6.86. The molecule has 1 aliphatic carbocycles. The fraction of sp³-hybridized carbons (Fsp3) is 0.625. The van der Waals surface area contributed by atoms with Crippen LogP contribution in [0.5, 0.6) is 0 Å². The summed E-state index contributed by atoms with van der Waals surface area (Å²) < 4.78 is 1.17. The average molecular weight is 310 g/mol. The maximum atomic E-state index is 3.84. The molecule has 0 aliphatic heterocycles. The summed E-state index contributed by atoms with van der Waals surface area (Å²) in [5, 5.41) is 3.84. The van der Waals surface area contributed by atoms with Crippen molar-refractivity contribution in [3.05, 3.63) is 34.3 Å². The number of nitrogens with one attached hydrogen (secondary N) is 1. The van der Waals surface area contributed by atoms with Crippen LogP contribution in [0.4, 0.5) is 0 Å². The van der Waals surface area contributed by atoms with Crippen molar-refractivity contribution >= 4 is 15.9 Å². The first-order valence-electron chi connectivity index (χ1n) is 7.22. The predicted octanol–water partition coefficient (Wildman–Crippen LogP) is 5.07. The van der Waals surface area contributed by atoms with E-state index in [-0.39, 0.29) is 0 Å². The van der Waals surface area contributed by atoms with E-state index in [1.807, 2.05) is 0 Å². The highest BCUT2D eigenvalue weighted by Gasteiger charge is 2.24. The quantitative estimate of drug-likeness (QED) is 0.819. The van der Waals surface area contributed by atoms with Crippen molar-refractivity contribution in [2.45, 2.75) is 58.0 Å². The molecular formula is C16H24BrN. The van der Waals surface area contributed by atoms with Crippen LogP contribution in [0.3, 0.4) is 0 Å². The van der Waals surface area contributed by atoms with E-state index in [0.717, 1.165) is 5.92 Å². The van der Waals surface area contributed by atoms with E-state index in [4.69, 9.17) is 0 Å². The molecule has 1 aromatic rings. The number of rotatable bonds is 4. The molecule has 1 nitrogen and oxygen atoms in total.